The molecular formula is C19H15N9O2. The number of rotatable bonds is 2. The second kappa shape index (κ2) is 6.65. The number of anilines is 1. The van der Waals surface area contributed by atoms with Gasteiger partial charge in [-0.05, 0) is 19.1 Å². The number of hydrogen-bond donors (Lipinski definition) is 1. The SMILES string of the molecule is Cc1cc(NC(=O)c2cnc3ccccc3n2)n(C2=NC(=O)C3C=NN(C)C3=N2)n1. The molecule has 0 bridgehead atoms. The number of amidine groups is 1. The quantitative estimate of drug-likeness (QED) is 0.684. The number of aliphatic imine (C=N–C) groups is 2. The van der Waals surface area contributed by atoms with Gasteiger partial charge in [0.1, 0.15) is 23.3 Å². The summed E-state index contributed by atoms with van der Waals surface area (Å²) in [6.45, 7) is 1.76. The zero-order chi connectivity index (χ0) is 20.8. The fourth-order valence-electron chi connectivity index (χ4n) is 3.19. The number of benzene rings is 1. The minimum absolute atomic E-state index is 0.0524. The lowest BCUT2D eigenvalue weighted by atomic mass is 10.1. The smallest absolute Gasteiger partial charge is 0.277 e. The Morgan fingerprint density at radius 3 is 2.80 bits per heavy atom. The van der Waals surface area contributed by atoms with Crippen LogP contribution in [-0.2, 0) is 4.79 Å². The molecule has 1 aromatic carbocycles. The number of nitrogens with zero attached hydrogens (tertiary/aromatic N) is 8. The molecule has 4 heterocycles. The van der Waals surface area contributed by atoms with Crippen LogP contribution in [0.5, 0.6) is 0 Å². The van der Waals surface area contributed by atoms with E-state index in [0.29, 0.717) is 28.4 Å². The van der Waals surface area contributed by atoms with Crippen molar-refractivity contribution < 1.29 is 9.59 Å². The zero-order valence-electron chi connectivity index (χ0n) is 16.0. The van der Waals surface area contributed by atoms with Crippen molar-refractivity contribution in [3.05, 3.63) is 47.9 Å². The van der Waals surface area contributed by atoms with E-state index in [1.54, 1.807) is 26.1 Å². The first-order valence-corrected chi connectivity index (χ1v) is 9.09. The minimum atomic E-state index is -0.596. The van der Waals surface area contributed by atoms with Crippen LogP contribution < -0.4 is 5.32 Å². The predicted molar refractivity (Wildman–Crippen MR) is 109 cm³/mol. The van der Waals surface area contributed by atoms with Crippen LogP contribution in [0.3, 0.4) is 0 Å². The van der Waals surface area contributed by atoms with Crippen molar-refractivity contribution in [3.8, 4) is 0 Å². The van der Waals surface area contributed by atoms with E-state index in [0.717, 1.165) is 0 Å². The van der Waals surface area contributed by atoms with E-state index in [1.807, 2.05) is 18.2 Å². The van der Waals surface area contributed by atoms with E-state index >= 15 is 0 Å². The molecule has 0 radical (unpaired) electrons. The van der Waals surface area contributed by atoms with Crippen molar-refractivity contribution in [2.45, 2.75) is 6.92 Å². The number of hydrazone groups is 1. The van der Waals surface area contributed by atoms with Crippen LogP contribution in [-0.4, -0.2) is 61.6 Å². The molecule has 0 saturated heterocycles. The second-order valence-electron chi connectivity index (χ2n) is 6.77. The highest BCUT2D eigenvalue weighted by Crippen LogP contribution is 2.19. The van der Waals surface area contributed by atoms with Gasteiger partial charge in [0.15, 0.2) is 0 Å². The van der Waals surface area contributed by atoms with Gasteiger partial charge in [-0.2, -0.15) is 24.9 Å². The highest BCUT2D eigenvalue weighted by Gasteiger charge is 2.35. The summed E-state index contributed by atoms with van der Waals surface area (Å²) in [7, 11) is 1.70. The number of aryl methyl sites for hydroxylation is 1. The van der Waals surface area contributed by atoms with E-state index in [4.69, 9.17) is 0 Å². The number of carbonyl (C=O) groups excluding carboxylic acids is 2. The molecule has 2 aromatic heterocycles. The van der Waals surface area contributed by atoms with Gasteiger partial charge in [0.25, 0.3) is 17.8 Å². The molecule has 2 amide bonds. The lowest BCUT2D eigenvalue weighted by Gasteiger charge is -2.17. The van der Waals surface area contributed by atoms with Crippen LogP contribution >= 0.6 is 0 Å². The van der Waals surface area contributed by atoms with Crippen molar-refractivity contribution in [1.82, 2.24) is 24.8 Å². The van der Waals surface area contributed by atoms with E-state index in [-0.39, 0.29) is 11.7 Å². The van der Waals surface area contributed by atoms with Crippen molar-refractivity contribution in [2.75, 3.05) is 12.4 Å². The Balaban J connectivity index is 1.47. The second-order valence-corrected chi connectivity index (χ2v) is 6.77. The summed E-state index contributed by atoms with van der Waals surface area (Å²) in [5.74, 6) is -0.643. The molecule has 3 aromatic rings. The highest BCUT2D eigenvalue weighted by atomic mass is 16.2. The molecule has 2 aliphatic heterocycles. The maximum atomic E-state index is 12.8. The summed E-state index contributed by atoms with van der Waals surface area (Å²) >= 11 is 0. The summed E-state index contributed by atoms with van der Waals surface area (Å²) in [5, 5.41) is 12.6. The van der Waals surface area contributed by atoms with E-state index in [2.05, 4.69) is 35.5 Å². The van der Waals surface area contributed by atoms with Gasteiger partial charge >= 0.3 is 0 Å². The maximum Gasteiger partial charge on any atom is 0.277 e. The number of aromatic nitrogens is 4. The van der Waals surface area contributed by atoms with Gasteiger partial charge in [0, 0.05) is 19.3 Å². The third kappa shape index (κ3) is 2.92. The maximum absolute atomic E-state index is 12.8. The molecule has 0 spiro atoms. The Bertz CT molecular complexity index is 1300. The molecule has 1 atom stereocenters. The average Bonchev–Trinajstić information content (AvgIpc) is 3.30. The van der Waals surface area contributed by atoms with Crippen molar-refractivity contribution in [3.63, 3.8) is 0 Å². The summed E-state index contributed by atoms with van der Waals surface area (Å²) in [6.07, 6.45) is 2.90. The van der Waals surface area contributed by atoms with Crippen LogP contribution in [0.25, 0.3) is 11.0 Å². The molecular weight excluding hydrogens is 386 g/mol. The van der Waals surface area contributed by atoms with Gasteiger partial charge in [-0.3, -0.25) is 19.6 Å². The molecule has 2 aliphatic rings. The van der Waals surface area contributed by atoms with Crippen molar-refractivity contribution in [2.24, 2.45) is 21.0 Å². The van der Waals surface area contributed by atoms with Crippen LogP contribution in [0.4, 0.5) is 5.82 Å². The number of hydrogen-bond acceptors (Lipinski definition) is 8. The summed E-state index contributed by atoms with van der Waals surface area (Å²) in [5.41, 5.74) is 2.07. The van der Waals surface area contributed by atoms with Crippen LogP contribution in [0.2, 0.25) is 0 Å². The standard InChI is InChI=1S/C19H15N9O2/c1-10-7-15(23-18(30)14-9-20-12-5-3-4-6-13(12)22-14)28(26-10)19-24-16-11(17(29)25-19)8-21-27(16)2/h3-9,11H,1-2H3,(H,23,30). The Morgan fingerprint density at radius 1 is 1.17 bits per heavy atom. The molecule has 0 aliphatic carbocycles. The molecule has 1 N–H and O–H groups in total. The highest BCUT2D eigenvalue weighted by molar-refractivity contribution is 6.24. The van der Waals surface area contributed by atoms with Crippen LogP contribution in [0.1, 0.15) is 16.2 Å². The molecule has 0 saturated carbocycles. The topological polar surface area (TPSA) is 130 Å². The van der Waals surface area contributed by atoms with Gasteiger partial charge in [0.05, 0.1) is 22.9 Å². The molecule has 11 heteroatoms. The molecule has 5 rings (SSSR count). The summed E-state index contributed by atoms with van der Waals surface area (Å²) in [6, 6.07) is 8.93. The average molecular weight is 401 g/mol. The fourth-order valence-corrected chi connectivity index (χ4v) is 3.19. The number of nitrogens with one attached hydrogen (secondary N) is 1. The Morgan fingerprint density at radius 2 is 1.97 bits per heavy atom. The predicted octanol–water partition coefficient (Wildman–Crippen LogP) is 1.08. The first kappa shape index (κ1) is 17.8. The zero-order valence-corrected chi connectivity index (χ0v) is 16.0. The minimum Gasteiger partial charge on any atom is -0.305 e. The number of fused-ring (bicyclic) bond motifs is 2. The van der Waals surface area contributed by atoms with Gasteiger partial charge in [-0.25, -0.2) is 4.98 Å². The largest absolute Gasteiger partial charge is 0.305 e. The van der Waals surface area contributed by atoms with Crippen LogP contribution in [0, 0.1) is 12.8 Å². The number of amides is 2. The van der Waals surface area contributed by atoms with Crippen LogP contribution in [0.15, 0.2) is 51.6 Å². The number of carbonyl (C=O) groups is 2. The molecule has 148 valence electrons. The summed E-state index contributed by atoms with van der Waals surface area (Å²) < 4.78 is 1.31. The van der Waals surface area contributed by atoms with E-state index < -0.39 is 17.7 Å². The Hall–Kier alpha value is -4.28. The lowest BCUT2D eigenvalue weighted by Crippen LogP contribution is -2.35. The van der Waals surface area contributed by atoms with Gasteiger partial charge < -0.3 is 5.32 Å². The number of para-hydroxylation sites is 2. The fraction of sp³-hybridized carbons (Fsp3) is 0.158. The molecule has 0 fully saturated rings. The monoisotopic (exact) mass is 401 g/mol. The third-order valence-electron chi connectivity index (χ3n) is 4.63. The molecule has 11 nitrogen and oxygen atoms in total. The van der Waals surface area contributed by atoms with Crippen molar-refractivity contribution >= 4 is 46.7 Å². The Kier molecular flexibility index (Phi) is 3.95. The van der Waals surface area contributed by atoms with E-state index in [9.17, 15) is 9.59 Å². The first-order valence-electron chi connectivity index (χ1n) is 9.09. The lowest BCUT2D eigenvalue weighted by molar-refractivity contribution is -0.118. The molecule has 1 unspecified atom stereocenters. The van der Waals surface area contributed by atoms with Gasteiger partial charge in [-0.1, -0.05) is 12.1 Å². The van der Waals surface area contributed by atoms with E-state index in [1.165, 1.54) is 22.1 Å². The Labute approximate surface area is 169 Å². The molecule has 30 heavy (non-hydrogen) atoms. The van der Waals surface area contributed by atoms with Gasteiger partial charge in [-0.15, -0.1) is 0 Å². The summed E-state index contributed by atoms with van der Waals surface area (Å²) in [4.78, 5) is 42.2. The first-order chi connectivity index (χ1) is 14.5. The normalized spacial score (nSPS) is 17.7. The van der Waals surface area contributed by atoms with Crippen molar-refractivity contribution in [1.29, 1.82) is 0 Å². The van der Waals surface area contributed by atoms with Gasteiger partial charge in [0.2, 0.25) is 0 Å². The third-order valence-corrected chi connectivity index (χ3v) is 4.63.